The number of amides is 1. The van der Waals surface area contributed by atoms with Gasteiger partial charge in [-0.2, -0.15) is 0 Å². The lowest BCUT2D eigenvalue weighted by molar-refractivity contribution is 0.00622. The number of rotatable bonds is 9. The van der Waals surface area contributed by atoms with Gasteiger partial charge in [-0.25, -0.2) is 4.79 Å². The fourth-order valence-corrected chi connectivity index (χ4v) is 3.09. The first-order valence-corrected chi connectivity index (χ1v) is 10.3. The lowest BCUT2D eigenvalue weighted by Gasteiger charge is -2.19. The number of esters is 1. The highest BCUT2D eigenvalue weighted by atomic mass is 16.6. The quantitative estimate of drug-likeness (QED) is 0.531. The highest BCUT2D eigenvalue weighted by molar-refractivity contribution is 6.01. The van der Waals surface area contributed by atoms with Crippen molar-refractivity contribution in [2.75, 3.05) is 19.0 Å². The largest absolute Gasteiger partial charge is 0.497 e. The third-order valence-corrected chi connectivity index (χ3v) is 4.46. The molecule has 0 spiro atoms. The number of carbonyl (C=O) groups excluding carboxylic acids is 2. The molecule has 0 saturated heterocycles. The van der Waals surface area contributed by atoms with E-state index < -0.39 is 11.6 Å². The van der Waals surface area contributed by atoms with Gasteiger partial charge in [-0.15, -0.1) is 0 Å². The molecule has 0 aliphatic rings. The van der Waals surface area contributed by atoms with E-state index in [-0.39, 0.29) is 5.91 Å². The normalized spacial score (nSPS) is 11.1. The van der Waals surface area contributed by atoms with Gasteiger partial charge in [0.25, 0.3) is 5.91 Å². The number of benzene rings is 1. The van der Waals surface area contributed by atoms with Crippen molar-refractivity contribution >= 4 is 17.6 Å². The fourth-order valence-electron chi connectivity index (χ4n) is 3.09. The summed E-state index contributed by atoms with van der Waals surface area (Å²) < 4.78 is 10.7. The second-order valence-electron chi connectivity index (χ2n) is 8.03. The molecule has 2 aromatic rings. The van der Waals surface area contributed by atoms with E-state index in [0.717, 1.165) is 17.9 Å². The summed E-state index contributed by atoms with van der Waals surface area (Å²) in [7, 11) is 1.62. The number of anilines is 1. The molecule has 0 unspecified atom stereocenters. The minimum absolute atomic E-state index is 0.189. The molecule has 0 saturated carbocycles. The zero-order chi connectivity index (χ0) is 22.3. The molecule has 1 heterocycles. The molecule has 1 aromatic heterocycles. The molecule has 0 aliphatic heterocycles. The third kappa shape index (κ3) is 6.02. The summed E-state index contributed by atoms with van der Waals surface area (Å²) in [6.07, 6.45) is 1.36. The first-order valence-electron chi connectivity index (χ1n) is 10.3. The summed E-state index contributed by atoms with van der Waals surface area (Å²) >= 11 is 0. The van der Waals surface area contributed by atoms with Gasteiger partial charge in [0.05, 0.1) is 19.2 Å². The molecular weight excluding hydrogens is 382 g/mol. The molecular formula is C23H33N3O4. The van der Waals surface area contributed by atoms with Gasteiger partial charge in [0, 0.05) is 17.9 Å². The lowest BCUT2D eigenvalue weighted by atomic mass is 10.0. The SMILES string of the molecule is CCCNC(=O)c1c(CNc2ccc(OC)cc2)[nH]c(C(=O)OC(C)(C)C)c1CC. The van der Waals surface area contributed by atoms with Crippen LogP contribution in [0.5, 0.6) is 5.75 Å². The van der Waals surface area contributed by atoms with Crippen LogP contribution in [0.15, 0.2) is 24.3 Å². The first kappa shape index (κ1) is 23.3. The molecule has 0 aliphatic carbocycles. The molecule has 7 heteroatoms. The second-order valence-corrected chi connectivity index (χ2v) is 8.03. The zero-order valence-electron chi connectivity index (χ0n) is 18.8. The van der Waals surface area contributed by atoms with Crippen LogP contribution < -0.4 is 15.4 Å². The number of aromatic amines is 1. The molecule has 30 heavy (non-hydrogen) atoms. The minimum Gasteiger partial charge on any atom is -0.497 e. The number of aromatic nitrogens is 1. The summed E-state index contributed by atoms with van der Waals surface area (Å²) in [5.74, 6) is 0.117. The van der Waals surface area contributed by atoms with Crippen LogP contribution in [0, 0.1) is 0 Å². The minimum atomic E-state index is -0.626. The van der Waals surface area contributed by atoms with Crippen molar-refractivity contribution in [1.82, 2.24) is 10.3 Å². The average molecular weight is 416 g/mol. The van der Waals surface area contributed by atoms with E-state index in [1.54, 1.807) is 7.11 Å². The molecule has 1 amide bonds. The van der Waals surface area contributed by atoms with E-state index in [1.807, 2.05) is 58.9 Å². The summed E-state index contributed by atoms with van der Waals surface area (Å²) in [5.41, 5.74) is 2.41. The monoisotopic (exact) mass is 415 g/mol. The van der Waals surface area contributed by atoms with Crippen molar-refractivity contribution < 1.29 is 19.1 Å². The molecule has 2 rings (SSSR count). The number of carbonyl (C=O) groups is 2. The van der Waals surface area contributed by atoms with E-state index >= 15 is 0 Å². The van der Waals surface area contributed by atoms with Gasteiger partial charge in [0.2, 0.25) is 0 Å². The van der Waals surface area contributed by atoms with E-state index in [4.69, 9.17) is 9.47 Å². The molecule has 0 atom stereocenters. The van der Waals surface area contributed by atoms with Gasteiger partial charge < -0.3 is 25.1 Å². The van der Waals surface area contributed by atoms with Crippen molar-refractivity contribution in [3.8, 4) is 5.75 Å². The second kappa shape index (κ2) is 10.2. The van der Waals surface area contributed by atoms with E-state index in [0.29, 0.717) is 42.0 Å². The first-order chi connectivity index (χ1) is 14.2. The van der Waals surface area contributed by atoms with Gasteiger partial charge in [-0.1, -0.05) is 13.8 Å². The van der Waals surface area contributed by atoms with Crippen LogP contribution in [-0.2, 0) is 17.7 Å². The van der Waals surface area contributed by atoms with Crippen LogP contribution >= 0.6 is 0 Å². The Hall–Kier alpha value is -2.96. The number of hydrogen-bond donors (Lipinski definition) is 3. The number of methoxy groups -OCH3 is 1. The molecule has 3 N–H and O–H groups in total. The Morgan fingerprint density at radius 1 is 1.10 bits per heavy atom. The van der Waals surface area contributed by atoms with Crippen molar-refractivity contribution in [3.05, 3.63) is 46.8 Å². The molecule has 7 nitrogen and oxygen atoms in total. The van der Waals surface area contributed by atoms with Gasteiger partial charge in [-0.3, -0.25) is 4.79 Å². The smallest absolute Gasteiger partial charge is 0.355 e. The molecule has 164 valence electrons. The Bertz CT molecular complexity index is 864. The van der Waals surface area contributed by atoms with Crippen LogP contribution in [0.25, 0.3) is 0 Å². The highest BCUT2D eigenvalue weighted by Gasteiger charge is 2.28. The van der Waals surface area contributed by atoms with Crippen LogP contribution in [0.2, 0.25) is 0 Å². The fraction of sp³-hybridized carbons (Fsp3) is 0.478. The zero-order valence-corrected chi connectivity index (χ0v) is 18.8. The maximum absolute atomic E-state index is 12.9. The maximum atomic E-state index is 12.9. The van der Waals surface area contributed by atoms with Crippen LogP contribution in [0.4, 0.5) is 5.69 Å². The van der Waals surface area contributed by atoms with Gasteiger partial charge in [0.1, 0.15) is 17.0 Å². The van der Waals surface area contributed by atoms with Crippen LogP contribution in [0.3, 0.4) is 0 Å². The van der Waals surface area contributed by atoms with Gasteiger partial charge in [0.15, 0.2) is 0 Å². The van der Waals surface area contributed by atoms with Crippen molar-refractivity contribution in [1.29, 1.82) is 0 Å². The molecule has 0 fully saturated rings. The number of nitrogens with one attached hydrogen (secondary N) is 3. The van der Waals surface area contributed by atoms with E-state index in [1.165, 1.54) is 0 Å². The van der Waals surface area contributed by atoms with Crippen LogP contribution in [-0.4, -0.2) is 36.1 Å². The third-order valence-electron chi connectivity index (χ3n) is 4.46. The van der Waals surface area contributed by atoms with Crippen molar-refractivity contribution in [3.63, 3.8) is 0 Å². The summed E-state index contributed by atoms with van der Waals surface area (Å²) in [4.78, 5) is 28.8. The molecule has 1 aromatic carbocycles. The van der Waals surface area contributed by atoms with Crippen LogP contribution in [0.1, 0.15) is 73.1 Å². The Kier molecular flexibility index (Phi) is 7.92. The highest BCUT2D eigenvalue weighted by Crippen LogP contribution is 2.24. The maximum Gasteiger partial charge on any atom is 0.355 e. The lowest BCUT2D eigenvalue weighted by Crippen LogP contribution is -2.26. The molecule has 0 radical (unpaired) electrons. The summed E-state index contributed by atoms with van der Waals surface area (Å²) in [6, 6.07) is 7.51. The molecule has 0 bridgehead atoms. The Morgan fingerprint density at radius 2 is 1.77 bits per heavy atom. The Labute approximate surface area is 178 Å². The summed E-state index contributed by atoms with van der Waals surface area (Å²) in [5, 5.41) is 6.22. The predicted octanol–water partition coefficient (Wildman–Crippen LogP) is 4.29. The predicted molar refractivity (Wildman–Crippen MR) is 118 cm³/mol. The Morgan fingerprint density at radius 3 is 2.30 bits per heavy atom. The van der Waals surface area contributed by atoms with E-state index in [9.17, 15) is 9.59 Å². The van der Waals surface area contributed by atoms with Crippen molar-refractivity contribution in [2.45, 2.75) is 59.6 Å². The summed E-state index contributed by atoms with van der Waals surface area (Å²) in [6.45, 7) is 10.3. The van der Waals surface area contributed by atoms with Crippen molar-refractivity contribution in [2.24, 2.45) is 0 Å². The number of H-pyrrole nitrogens is 1. The number of ether oxygens (including phenoxy) is 2. The van der Waals surface area contributed by atoms with Gasteiger partial charge >= 0.3 is 5.97 Å². The Balaban J connectivity index is 2.37. The van der Waals surface area contributed by atoms with E-state index in [2.05, 4.69) is 15.6 Å². The standard InChI is InChI=1S/C23H33N3O4/c1-7-13-24-21(27)19-17(8-2)20(22(28)30-23(3,4)5)26-18(19)14-25-15-9-11-16(29-6)12-10-15/h9-12,25-26H,7-8,13-14H2,1-6H3,(H,24,27). The number of hydrogen-bond acceptors (Lipinski definition) is 5. The van der Waals surface area contributed by atoms with Gasteiger partial charge in [-0.05, 0) is 63.4 Å². The topological polar surface area (TPSA) is 92.5 Å². The average Bonchev–Trinajstić information content (AvgIpc) is 3.08.